The molecule has 0 atom stereocenters. The third-order valence-corrected chi connectivity index (χ3v) is 4.42. The summed E-state index contributed by atoms with van der Waals surface area (Å²) in [6.07, 6.45) is -3.80. The lowest BCUT2D eigenvalue weighted by Gasteiger charge is -2.15. The first kappa shape index (κ1) is 19.0. The fraction of sp³-hybridized carbons (Fsp3) is 0.176. The summed E-state index contributed by atoms with van der Waals surface area (Å²) in [5.41, 5.74) is -0.0705. The van der Waals surface area contributed by atoms with Gasteiger partial charge in [0.05, 0.1) is 23.1 Å². The molecule has 0 aliphatic carbocycles. The first-order chi connectivity index (χ1) is 12.8. The first-order valence-corrected chi connectivity index (χ1v) is 8.72. The van der Waals surface area contributed by atoms with E-state index in [9.17, 15) is 22.4 Å². The number of anilines is 2. The van der Waals surface area contributed by atoms with Crippen LogP contribution in [0.3, 0.4) is 0 Å². The maximum absolute atomic E-state index is 13.7. The number of benzene rings is 2. The Morgan fingerprint density at radius 3 is 2.70 bits per heavy atom. The second kappa shape index (κ2) is 7.47. The zero-order valence-electron chi connectivity index (χ0n) is 13.9. The van der Waals surface area contributed by atoms with Crippen molar-refractivity contribution in [2.45, 2.75) is 18.2 Å². The Kier molecular flexibility index (Phi) is 5.26. The fourth-order valence-electron chi connectivity index (χ4n) is 2.47. The average Bonchev–Trinajstić information content (AvgIpc) is 2.57. The van der Waals surface area contributed by atoms with Crippen LogP contribution in [0.1, 0.15) is 6.92 Å². The van der Waals surface area contributed by atoms with Crippen molar-refractivity contribution in [3.8, 4) is 5.75 Å². The molecule has 0 bridgehead atoms. The predicted molar refractivity (Wildman–Crippen MR) is 95.1 cm³/mol. The highest BCUT2D eigenvalue weighted by Gasteiger charge is 2.31. The van der Waals surface area contributed by atoms with Crippen LogP contribution < -0.4 is 15.6 Å². The second-order valence-electron chi connectivity index (χ2n) is 5.34. The lowest BCUT2D eigenvalue weighted by atomic mass is 10.2. The SMILES string of the molecule is CCSc1ccc(F)cc1Nc1cc(OC(F)(F)F)cc2c(=O)[nH]cnc12. The van der Waals surface area contributed by atoms with Crippen LogP contribution in [0, 0.1) is 5.82 Å². The molecule has 0 saturated heterocycles. The molecular weight excluding hydrogens is 386 g/mol. The van der Waals surface area contributed by atoms with E-state index in [1.807, 2.05) is 6.92 Å². The number of hydrogen-bond donors (Lipinski definition) is 2. The topological polar surface area (TPSA) is 67.0 Å². The van der Waals surface area contributed by atoms with Gasteiger partial charge in [0.15, 0.2) is 0 Å². The van der Waals surface area contributed by atoms with Crippen molar-refractivity contribution in [3.05, 3.63) is 52.8 Å². The molecule has 10 heteroatoms. The lowest BCUT2D eigenvalue weighted by molar-refractivity contribution is -0.274. The van der Waals surface area contributed by atoms with Crippen molar-refractivity contribution in [2.24, 2.45) is 0 Å². The Hall–Kier alpha value is -2.75. The molecule has 2 aromatic carbocycles. The molecule has 0 aliphatic heterocycles. The molecule has 27 heavy (non-hydrogen) atoms. The number of aromatic amines is 1. The van der Waals surface area contributed by atoms with Gasteiger partial charge in [-0.1, -0.05) is 6.92 Å². The minimum absolute atomic E-state index is 0.0846. The van der Waals surface area contributed by atoms with E-state index in [2.05, 4.69) is 20.0 Å². The quantitative estimate of drug-likeness (QED) is 0.476. The predicted octanol–water partition coefficient (Wildman–Crippen LogP) is 4.82. The summed E-state index contributed by atoms with van der Waals surface area (Å²) in [5, 5.41) is 2.78. The smallest absolute Gasteiger partial charge is 0.406 e. The van der Waals surface area contributed by atoms with Gasteiger partial charge in [-0.2, -0.15) is 0 Å². The summed E-state index contributed by atoms with van der Waals surface area (Å²) < 4.78 is 55.5. The Morgan fingerprint density at radius 1 is 1.22 bits per heavy atom. The summed E-state index contributed by atoms with van der Waals surface area (Å²) in [4.78, 5) is 19.0. The molecule has 0 fully saturated rings. The molecule has 0 unspecified atom stereocenters. The third-order valence-electron chi connectivity index (χ3n) is 3.46. The van der Waals surface area contributed by atoms with Gasteiger partial charge in [0, 0.05) is 11.0 Å². The number of hydrogen-bond acceptors (Lipinski definition) is 5. The van der Waals surface area contributed by atoms with Gasteiger partial charge in [-0.15, -0.1) is 24.9 Å². The van der Waals surface area contributed by atoms with Gasteiger partial charge in [-0.3, -0.25) is 4.79 Å². The zero-order chi connectivity index (χ0) is 19.6. The molecule has 1 heterocycles. The molecule has 2 N–H and O–H groups in total. The number of aromatic nitrogens is 2. The highest BCUT2D eigenvalue weighted by molar-refractivity contribution is 7.99. The molecule has 0 radical (unpaired) electrons. The molecule has 3 aromatic rings. The Bertz CT molecular complexity index is 1040. The monoisotopic (exact) mass is 399 g/mol. The summed E-state index contributed by atoms with van der Waals surface area (Å²) in [6.45, 7) is 1.91. The Morgan fingerprint density at radius 2 is 2.00 bits per heavy atom. The number of halogens is 4. The first-order valence-electron chi connectivity index (χ1n) is 7.73. The summed E-state index contributed by atoms with van der Waals surface area (Å²) in [6, 6.07) is 6.08. The second-order valence-corrected chi connectivity index (χ2v) is 6.65. The van der Waals surface area contributed by atoms with Crippen LogP contribution in [0.5, 0.6) is 5.75 Å². The van der Waals surface area contributed by atoms with Crippen molar-refractivity contribution in [3.63, 3.8) is 0 Å². The van der Waals surface area contributed by atoms with Gasteiger partial charge < -0.3 is 15.0 Å². The number of nitrogens with zero attached hydrogens (tertiary/aromatic N) is 1. The van der Waals surface area contributed by atoms with Crippen LogP contribution in [0.25, 0.3) is 10.9 Å². The molecule has 5 nitrogen and oxygen atoms in total. The van der Waals surface area contributed by atoms with Crippen LogP contribution in [0.2, 0.25) is 0 Å². The minimum atomic E-state index is -4.93. The molecule has 0 aliphatic rings. The van der Waals surface area contributed by atoms with Crippen molar-refractivity contribution in [2.75, 3.05) is 11.1 Å². The highest BCUT2D eigenvalue weighted by Crippen LogP contribution is 2.35. The fourth-order valence-corrected chi connectivity index (χ4v) is 3.21. The molecule has 142 valence electrons. The average molecular weight is 399 g/mol. The van der Waals surface area contributed by atoms with Gasteiger partial charge in [-0.05, 0) is 30.0 Å². The lowest BCUT2D eigenvalue weighted by Crippen LogP contribution is -2.18. The molecular formula is C17H13F4N3O2S. The van der Waals surface area contributed by atoms with E-state index in [0.29, 0.717) is 16.3 Å². The summed E-state index contributed by atoms with van der Waals surface area (Å²) in [5.74, 6) is -0.399. The number of ether oxygens (including phenoxy) is 1. The number of rotatable bonds is 5. The van der Waals surface area contributed by atoms with Crippen molar-refractivity contribution >= 4 is 34.0 Å². The molecule has 0 amide bonds. The number of nitrogens with one attached hydrogen (secondary N) is 2. The third kappa shape index (κ3) is 4.51. The van der Waals surface area contributed by atoms with E-state index in [4.69, 9.17) is 0 Å². The van der Waals surface area contributed by atoms with E-state index in [-0.39, 0.29) is 16.6 Å². The molecule has 0 saturated carbocycles. The molecule has 3 rings (SSSR count). The number of alkyl halides is 3. The standard InChI is InChI=1S/C17H13F4N3O2S/c1-2-27-14-4-3-9(18)5-12(14)24-13-7-10(26-17(19,20)21)6-11-15(13)22-8-23-16(11)25/h3-8,24H,2H2,1H3,(H,22,23,25). The maximum atomic E-state index is 13.7. The van der Waals surface area contributed by atoms with Crippen molar-refractivity contribution in [1.82, 2.24) is 9.97 Å². The van der Waals surface area contributed by atoms with Crippen LogP contribution in [0.15, 0.2) is 46.3 Å². The van der Waals surface area contributed by atoms with Crippen molar-refractivity contribution < 1.29 is 22.3 Å². The Balaban J connectivity index is 2.15. The van der Waals surface area contributed by atoms with Crippen LogP contribution in [-0.4, -0.2) is 22.1 Å². The van der Waals surface area contributed by atoms with Gasteiger partial charge in [-0.25, -0.2) is 9.37 Å². The normalized spacial score (nSPS) is 11.6. The van der Waals surface area contributed by atoms with E-state index in [0.717, 1.165) is 18.5 Å². The van der Waals surface area contributed by atoms with Crippen LogP contribution >= 0.6 is 11.8 Å². The maximum Gasteiger partial charge on any atom is 0.573 e. The number of fused-ring (bicyclic) bond motifs is 1. The summed E-state index contributed by atoms with van der Waals surface area (Å²) >= 11 is 1.42. The molecule has 1 aromatic heterocycles. The molecule has 0 spiro atoms. The van der Waals surface area contributed by atoms with Gasteiger partial charge >= 0.3 is 6.36 Å². The summed E-state index contributed by atoms with van der Waals surface area (Å²) in [7, 11) is 0. The number of H-pyrrole nitrogens is 1. The van der Waals surface area contributed by atoms with Gasteiger partial charge in [0.25, 0.3) is 5.56 Å². The largest absolute Gasteiger partial charge is 0.573 e. The van der Waals surface area contributed by atoms with Gasteiger partial charge in [0.1, 0.15) is 17.1 Å². The van der Waals surface area contributed by atoms with Crippen molar-refractivity contribution in [1.29, 1.82) is 0 Å². The van der Waals surface area contributed by atoms with E-state index in [1.54, 1.807) is 6.07 Å². The van der Waals surface area contributed by atoms with E-state index < -0.39 is 23.5 Å². The minimum Gasteiger partial charge on any atom is -0.406 e. The van der Waals surface area contributed by atoms with Crippen LogP contribution in [0.4, 0.5) is 28.9 Å². The number of thioether (sulfide) groups is 1. The van der Waals surface area contributed by atoms with Crippen LogP contribution in [-0.2, 0) is 0 Å². The Labute approximate surface area is 154 Å². The highest BCUT2D eigenvalue weighted by atomic mass is 32.2. The zero-order valence-corrected chi connectivity index (χ0v) is 14.7. The van der Waals surface area contributed by atoms with E-state index >= 15 is 0 Å². The van der Waals surface area contributed by atoms with Gasteiger partial charge in [0.2, 0.25) is 0 Å². The van der Waals surface area contributed by atoms with E-state index in [1.165, 1.54) is 23.9 Å².